The lowest BCUT2D eigenvalue weighted by molar-refractivity contribution is -0.139. The number of carboxylic acid groups (broad SMARTS) is 1. The van der Waals surface area contributed by atoms with Crippen LogP contribution >= 0.6 is 11.3 Å². The summed E-state index contributed by atoms with van der Waals surface area (Å²) in [5.41, 5.74) is 0.951. The summed E-state index contributed by atoms with van der Waals surface area (Å²) in [4.78, 5) is 17.8. The molecular weight excluding hydrogens is 248 g/mol. The first-order chi connectivity index (χ1) is 8.75. The number of hydrogen-bond donors (Lipinski definition) is 1. The van der Waals surface area contributed by atoms with E-state index in [1.54, 1.807) is 11.3 Å². The van der Waals surface area contributed by atoms with Gasteiger partial charge in [0.15, 0.2) is 5.13 Å². The van der Waals surface area contributed by atoms with Gasteiger partial charge in [-0.2, -0.15) is 0 Å². The first kappa shape index (κ1) is 11.5. The molecule has 0 spiro atoms. The third-order valence-electron chi connectivity index (χ3n) is 3.32. The van der Waals surface area contributed by atoms with Crippen LogP contribution in [0.25, 0.3) is 10.2 Å². The molecule has 0 amide bonds. The summed E-state index contributed by atoms with van der Waals surface area (Å²) in [7, 11) is 0. The second-order valence-corrected chi connectivity index (χ2v) is 5.52. The van der Waals surface area contributed by atoms with Gasteiger partial charge >= 0.3 is 5.97 Å². The Hall–Kier alpha value is -1.62. The van der Waals surface area contributed by atoms with Crippen LogP contribution in [0.4, 0.5) is 5.13 Å². The van der Waals surface area contributed by atoms with Crippen LogP contribution < -0.4 is 4.90 Å². The predicted molar refractivity (Wildman–Crippen MR) is 72.2 cm³/mol. The van der Waals surface area contributed by atoms with Crippen LogP contribution in [0.15, 0.2) is 24.3 Å². The fraction of sp³-hybridized carbons (Fsp3) is 0.385. The number of carboxylic acids is 1. The molecule has 2 heterocycles. The minimum atomic E-state index is -0.742. The number of para-hydroxylation sites is 1. The summed E-state index contributed by atoms with van der Waals surface area (Å²) in [6, 6.07) is 7.51. The van der Waals surface area contributed by atoms with Gasteiger partial charge in [-0.05, 0) is 31.4 Å². The van der Waals surface area contributed by atoms with Crippen molar-refractivity contribution in [1.82, 2.24) is 4.98 Å². The smallest absolute Gasteiger partial charge is 0.326 e. The van der Waals surface area contributed by atoms with Crippen molar-refractivity contribution in [3.8, 4) is 0 Å². The zero-order valence-electron chi connectivity index (χ0n) is 9.87. The third-order valence-corrected chi connectivity index (χ3v) is 4.39. The van der Waals surface area contributed by atoms with Crippen LogP contribution in [0.1, 0.15) is 19.3 Å². The number of aromatic nitrogens is 1. The topological polar surface area (TPSA) is 53.4 Å². The van der Waals surface area contributed by atoms with E-state index < -0.39 is 12.0 Å². The standard InChI is InChI=1S/C13H14N2O2S/c16-12(17)10-6-3-4-8-15(10)13-14-9-5-1-2-7-11(9)18-13/h1-2,5,7,10H,3-4,6,8H2,(H,16,17)/t10-/m1/s1. The summed E-state index contributed by atoms with van der Waals surface area (Å²) in [6.45, 7) is 0.788. The summed E-state index contributed by atoms with van der Waals surface area (Å²) in [6.07, 6.45) is 2.74. The van der Waals surface area contributed by atoms with E-state index in [2.05, 4.69) is 4.98 Å². The molecule has 1 aromatic heterocycles. The molecule has 0 saturated carbocycles. The van der Waals surface area contributed by atoms with E-state index in [4.69, 9.17) is 0 Å². The molecule has 1 aliphatic heterocycles. The number of piperidine rings is 1. The number of rotatable bonds is 2. The highest BCUT2D eigenvalue weighted by Gasteiger charge is 2.30. The zero-order valence-corrected chi connectivity index (χ0v) is 10.7. The molecule has 5 heteroatoms. The first-order valence-corrected chi connectivity index (χ1v) is 6.92. The quantitative estimate of drug-likeness (QED) is 0.904. The monoisotopic (exact) mass is 262 g/mol. The fourth-order valence-corrected chi connectivity index (χ4v) is 3.44. The Kier molecular flexibility index (Phi) is 2.91. The lowest BCUT2D eigenvalue weighted by atomic mass is 10.0. The number of fused-ring (bicyclic) bond motifs is 1. The summed E-state index contributed by atoms with van der Waals surface area (Å²) in [5.74, 6) is -0.742. The molecule has 1 aromatic carbocycles. The Bertz CT molecular complexity index is 548. The Balaban J connectivity index is 1.98. The third kappa shape index (κ3) is 1.95. The Morgan fingerprint density at radius 2 is 2.22 bits per heavy atom. The van der Waals surface area contributed by atoms with Gasteiger partial charge in [0.05, 0.1) is 10.2 Å². The zero-order chi connectivity index (χ0) is 12.5. The molecule has 1 atom stereocenters. The van der Waals surface area contributed by atoms with Gasteiger partial charge in [0.1, 0.15) is 6.04 Å². The van der Waals surface area contributed by atoms with Crippen molar-refractivity contribution in [2.45, 2.75) is 25.3 Å². The van der Waals surface area contributed by atoms with Crippen LogP contribution in [-0.2, 0) is 4.79 Å². The maximum Gasteiger partial charge on any atom is 0.326 e. The maximum absolute atomic E-state index is 11.3. The molecule has 4 nitrogen and oxygen atoms in total. The van der Waals surface area contributed by atoms with Crippen molar-refractivity contribution in [2.75, 3.05) is 11.4 Å². The predicted octanol–water partition coefficient (Wildman–Crippen LogP) is 2.74. The number of benzene rings is 1. The van der Waals surface area contributed by atoms with Gasteiger partial charge in [0.2, 0.25) is 0 Å². The van der Waals surface area contributed by atoms with Gasteiger partial charge in [-0.1, -0.05) is 23.5 Å². The average Bonchev–Trinajstić information content (AvgIpc) is 2.82. The molecule has 18 heavy (non-hydrogen) atoms. The van der Waals surface area contributed by atoms with E-state index in [1.807, 2.05) is 29.2 Å². The van der Waals surface area contributed by atoms with Crippen LogP contribution in [0.5, 0.6) is 0 Å². The lowest BCUT2D eigenvalue weighted by Crippen LogP contribution is -2.44. The van der Waals surface area contributed by atoms with E-state index in [0.717, 1.165) is 34.7 Å². The molecule has 0 radical (unpaired) electrons. The largest absolute Gasteiger partial charge is 0.480 e. The fourth-order valence-electron chi connectivity index (χ4n) is 2.40. The van der Waals surface area contributed by atoms with E-state index in [1.165, 1.54) is 0 Å². The molecule has 0 bridgehead atoms. The van der Waals surface area contributed by atoms with Crippen molar-refractivity contribution in [1.29, 1.82) is 0 Å². The molecule has 1 fully saturated rings. The number of hydrogen-bond acceptors (Lipinski definition) is 4. The first-order valence-electron chi connectivity index (χ1n) is 6.11. The van der Waals surface area contributed by atoms with Crippen LogP contribution in [-0.4, -0.2) is 28.6 Å². The number of thiazole rings is 1. The van der Waals surface area contributed by atoms with Gasteiger partial charge in [0.25, 0.3) is 0 Å². The van der Waals surface area contributed by atoms with E-state index in [9.17, 15) is 9.90 Å². The molecule has 2 aromatic rings. The number of nitrogens with zero attached hydrogens (tertiary/aromatic N) is 2. The second kappa shape index (κ2) is 4.57. The molecule has 3 rings (SSSR count). The highest BCUT2D eigenvalue weighted by molar-refractivity contribution is 7.22. The van der Waals surface area contributed by atoms with Crippen molar-refractivity contribution >= 4 is 32.7 Å². The number of anilines is 1. The molecule has 1 saturated heterocycles. The number of aliphatic carboxylic acids is 1. The average molecular weight is 262 g/mol. The second-order valence-electron chi connectivity index (χ2n) is 4.51. The van der Waals surface area contributed by atoms with Crippen molar-refractivity contribution in [3.05, 3.63) is 24.3 Å². The minimum Gasteiger partial charge on any atom is -0.480 e. The van der Waals surface area contributed by atoms with Crippen molar-refractivity contribution in [2.24, 2.45) is 0 Å². The van der Waals surface area contributed by atoms with Gasteiger partial charge in [-0.3, -0.25) is 0 Å². The summed E-state index contributed by atoms with van der Waals surface area (Å²) in [5, 5.41) is 10.1. The summed E-state index contributed by atoms with van der Waals surface area (Å²) >= 11 is 1.58. The van der Waals surface area contributed by atoms with Crippen LogP contribution in [0.2, 0.25) is 0 Å². The van der Waals surface area contributed by atoms with Gasteiger partial charge in [-0.25, -0.2) is 9.78 Å². The van der Waals surface area contributed by atoms with E-state index >= 15 is 0 Å². The van der Waals surface area contributed by atoms with Gasteiger partial charge in [-0.15, -0.1) is 0 Å². The maximum atomic E-state index is 11.3. The van der Waals surface area contributed by atoms with Crippen LogP contribution in [0.3, 0.4) is 0 Å². The van der Waals surface area contributed by atoms with E-state index in [0.29, 0.717) is 6.42 Å². The van der Waals surface area contributed by atoms with E-state index in [-0.39, 0.29) is 0 Å². The molecule has 0 aliphatic carbocycles. The lowest BCUT2D eigenvalue weighted by Gasteiger charge is -2.32. The van der Waals surface area contributed by atoms with Gasteiger partial charge in [0, 0.05) is 6.54 Å². The molecule has 1 aliphatic rings. The summed E-state index contributed by atoms with van der Waals surface area (Å²) < 4.78 is 1.11. The van der Waals surface area contributed by atoms with Crippen molar-refractivity contribution in [3.63, 3.8) is 0 Å². The number of carbonyl (C=O) groups is 1. The Morgan fingerprint density at radius 1 is 1.39 bits per heavy atom. The highest BCUT2D eigenvalue weighted by atomic mass is 32.1. The molecule has 0 unspecified atom stereocenters. The minimum absolute atomic E-state index is 0.417. The normalized spacial score (nSPS) is 20.2. The molecule has 94 valence electrons. The van der Waals surface area contributed by atoms with Crippen molar-refractivity contribution < 1.29 is 9.90 Å². The van der Waals surface area contributed by atoms with Crippen LogP contribution in [0, 0.1) is 0 Å². The Morgan fingerprint density at radius 3 is 3.00 bits per heavy atom. The Labute approximate surface area is 109 Å². The highest BCUT2D eigenvalue weighted by Crippen LogP contribution is 2.32. The molecule has 1 N–H and O–H groups in total. The SMILES string of the molecule is O=C(O)[C@H]1CCCCN1c1nc2ccccc2s1. The molecular formula is C13H14N2O2S. The van der Waals surface area contributed by atoms with Gasteiger partial charge < -0.3 is 10.0 Å².